The minimum Gasteiger partial charge on any atom is -0.0651 e. The largest absolute Gasteiger partial charge is 0.0651 e. The SMILES string of the molecule is CCC1CCCC(C)CCC(C)C(CCCC(C)CC(C)C(C)C)CC1. The highest BCUT2D eigenvalue weighted by molar-refractivity contribution is 4.73. The first-order valence-electron chi connectivity index (χ1n) is 12.3. The van der Waals surface area contributed by atoms with Crippen LogP contribution in [0.3, 0.4) is 0 Å². The third-order valence-electron chi connectivity index (χ3n) is 7.94. The van der Waals surface area contributed by atoms with Gasteiger partial charge in [-0.05, 0) is 54.3 Å². The highest BCUT2D eigenvalue weighted by Gasteiger charge is 2.21. The number of rotatable bonds is 8. The van der Waals surface area contributed by atoms with Gasteiger partial charge in [0.25, 0.3) is 0 Å². The lowest BCUT2D eigenvalue weighted by Gasteiger charge is -2.27. The molecule has 0 aromatic rings. The fourth-order valence-electron chi connectivity index (χ4n) is 5.15. The van der Waals surface area contributed by atoms with Gasteiger partial charge in [-0.25, -0.2) is 0 Å². The summed E-state index contributed by atoms with van der Waals surface area (Å²) in [6.07, 6.45) is 17.6. The number of hydrogen-bond donors (Lipinski definition) is 0. The third kappa shape index (κ3) is 9.80. The molecule has 0 radical (unpaired) electrons. The van der Waals surface area contributed by atoms with E-state index in [1.165, 1.54) is 77.0 Å². The zero-order valence-electron chi connectivity index (χ0n) is 19.5. The molecule has 1 aliphatic carbocycles. The maximum absolute atomic E-state index is 2.57. The van der Waals surface area contributed by atoms with Crippen molar-refractivity contribution in [3.8, 4) is 0 Å². The molecule has 0 nitrogen and oxygen atoms in total. The van der Waals surface area contributed by atoms with Gasteiger partial charge in [-0.1, -0.05) is 113 Å². The van der Waals surface area contributed by atoms with Crippen LogP contribution in [-0.4, -0.2) is 0 Å². The molecule has 0 aromatic heterocycles. The Balaban J connectivity index is 2.48. The molecule has 0 aromatic carbocycles. The minimum atomic E-state index is 0.840. The second-order valence-corrected chi connectivity index (χ2v) is 10.7. The molecule has 156 valence electrons. The molecule has 0 heterocycles. The Morgan fingerprint density at radius 2 is 1.58 bits per heavy atom. The van der Waals surface area contributed by atoms with Crippen LogP contribution >= 0.6 is 0 Å². The molecule has 0 bridgehead atoms. The highest BCUT2D eigenvalue weighted by Crippen LogP contribution is 2.34. The van der Waals surface area contributed by atoms with Gasteiger partial charge in [0, 0.05) is 0 Å². The lowest BCUT2D eigenvalue weighted by Crippen LogP contribution is -2.15. The molecule has 1 fully saturated rings. The van der Waals surface area contributed by atoms with Gasteiger partial charge < -0.3 is 0 Å². The average molecular weight is 365 g/mol. The first-order chi connectivity index (χ1) is 12.3. The van der Waals surface area contributed by atoms with Crippen molar-refractivity contribution in [1.29, 1.82) is 0 Å². The van der Waals surface area contributed by atoms with Gasteiger partial charge in [0.2, 0.25) is 0 Å². The van der Waals surface area contributed by atoms with Crippen molar-refractivity contribution in [2.24, 2.45) is 41.4 Å². The third-order valence-corrected chi connectivity index (χ3v) is 7.94. The smallest absolute Gasteiger partial charge is 0.0388 e. The summed E-state index contributed by atoms with van der Waals surface area (Å²) >= 11 is 0. The Labute approximate surface area is 167 Å². The van der Waals surface area contributed by atoms with Crippen molar-refractivity contribution in [2.45, 2.75) is 126 Å². The zero-order valence-corrected chi connectivity index (χ0v) is 19.5. The maximum atomic E-state index is 2.57. The van der Waals surface area contributed by atoms with E-state index in [9.17, 15) is 0 Å². The van der Waals surface area contributed by atoms with Crippen LogP contribution in [0, 0.1) is 41.4 Å². The van der Waals surface area contributed by atoms with Crippen molar-refractivity contribution >= 4 is 0 Å². The summed E-state index contributed by atoms with van der Waals surface area (Å²) in [5.41, 5.74) is 0. The first kappa shape index (κ1) is 24.0. The summed E-state index contributed by atoms with van der Waals surface area (Å²) in [5, 5.41) is 0. The van der Waals surface area contributed by atoms with E-state index < -0.39 is 0 Å². The van der Waals surface area contributed by atoms with Crippen LogP contribution in [0.2, 0.25) is 0 Å². The molecule has 0 aliphatic heterocycles. The molecule has 0 heteroatoms. The molecule has 1 rings (SSSR count). The molecule has 1 saturated carbocycles. The molecular weight excluding hydrogens is 312 g/mol. The highest BCUT2D eigenvalue weighted by atomic mass is 14.3. The Bertz CT molecular complexity index is 331. The second-order valence-electron chi connectivity index (χ2n) is 10.7. The first-order valence-corrected chi connectivity index (χ1v) is 12.3. The standard InChI is InChI=1S/C26H52/c1-8-25-13-9-11-21(4)15-16-23(6)26(18-17-25)14-10-12-22(5)19-24(7)20(2)3/h20-26H,8-19H2,1-7H3. The molecule has 0 spiro atoms. The lowest BCUT2D eigenvalue weighted by molar-refractivity contribution is 0.247. The van der Waals surface area contributed by atoms with Crippen LogP contribution in [0.15, 0.2) is 0 Å². The van der Waals surface area contributed by atoms with E-state index in [-0.39, 0.29) is 0 Å². The van der Waals surface area contributed by atoms with E-state index in [1.807, 2.05) is 0 Å². The molecule has 0 amide bonds. The second kappa shape index (κ2) is 13.2. The zero-order chi connectivity index (χ0) is 19.5. The van der Waals surface area contributed by atoms with Gasteiger partial charge in [-0.15, -0.1) is 0 Å². The average Bonchev–Trinajstić information content (AvgIpc) is 2.62. The summed E-state index contributed by atoms with van der Waals surface area (Å²) in [5.74, 6) is 6.52. The topological polar surface area (TPSA) is 0 Å². The van der Waals surface area contributed by atoms with E-state index in [2.05, 4.69) is 48.5 Å². The molecule has 0 N–H and O–H groups in total. The van der Waals surface area contributed by atoms with E-state index in [0.717, 1.165) is 41.4 Å². The van der Waals surface area contributed by atoms with Crippen molar-refractivity contribution in [3.63, 3.8) is 0 Å². The molecule has 26 heavy (non-hydrogen) atoms. The maximum Gasteiger partial charge on any atom is -0.0388 e. The molecule has 1 aliphatic rings. The van der Waals surface area contributed by atoms with Crippen LogP contribution in [-0.2, 0) is 0 Å². The van der Waals surface area contributed by atoms with Crippen molar-refractivity contribution in [1.82, 2.24) is 0 Å². The summed E-state index contributed by atoms with van der Waals surface area (Å²) in [7, 11) is 0. The van der Waals surface area contributed by atoms with Gasteiger partial charge in [0.1, 0.15) is 0 Å². The summed E-state index contributed by atoms with van der Waals surface area (Å²) in [6, 6.07) is 0. The molecule has 6 unspecified atom stereocenters. The summed E-state index contributed by atoms with van der Waals surface area (Å²) in [6.45, 7) is 17.2. The predicted molar refractivity (Wildman–Crippen MR) is 120 cm³/mol. The molecule has 0 saturated heterocycles. The lowest BCUT2D eigenvalue weighted by atomic mass is 9.79. The van der Waals surface area contributed by atoms with Crippen molar-refractivity contribution < 1.29 is 0 Å². The van der Waals surface area contributed by atoms with Crippen LogP contribution in [0.1, 0.15) is 126 Å². The Morgan fingerprint density at radius 1 is 0.846 bits per heavy atom. The summed E-state index contributed by atoms with van der Waals surface area (Å²) < 4.78 is 0. The predicted octanol–water partition coefficient (Wildman–Crippen LogP) is 9.13. The van der Waals surface area contributed by atoms with E-state index in [0.29, 0.717) is 0 Å². The molecular formula is C26H52. The normalized spacial score (nSPS) is 31.4. The van der Waals surface area contributed by atoms with Gasteiger partial charge in [-0.2, -0.15) is 0 Å². The quantitative estimate of drug-likeness (QED) is 0.402. The van der Waals surface area contributed by atoms with Crippen molar-refractivity contribution in [3.05, 3.63) is 0 Å². The van der Waals surface area contributed by atoms with Crippen LogP contribution in [0.25, 0.3) is 0 Å². The Morgan fingerprint density at radius 3 is 2.23 bits per heavy atom. The Kier molecular flexibility index (Phi) is 12.2. The van der Waals surface area contributed by atoms with Gasteiger partial charge in [-0.3, -0.25) is 0 Å². The fourth-order valence-corrected chi connectivity index (χ4v) is 5.15. The summed E-state index contributed by atoms with van der Waals surface area (Å²) in [4.78, 5) is 0. The van der Waals surface area contributed by atoms with E-state index >= 15 is 0 Å². The van der Waals surface area contributed by atoms with Crippen LogP contribution < -0.4 is 0 Å². The number of hydrogen-bond acceptors (Lipinski definition) is 0. The monoisotopic (exact) mass is 364 g/mol. The van der Waals surface area contributed by atoms with E-state index in [1.54, 1.807) is 0 Å². The fraction of sp³-hybridized carbons (Fsp3) is 1.00. The Hall–Kier alpha value is 0. The van der Waals surface area contributed by atoms with Gasteiger partial charge in [0.05, 0.1) is 0 Å². The minimum absolute atomic E-state index is 0.840. The molecule has 6 atom stereocenters. The van der Waals surface area contributed by atoms with Crippen LogP contribution in [0.4, 0.5) is 0 Å². The van der Waals surface area contributed by atoms with E-state index in [4.69, 9.17) is 0 Å². The van der Waals surface area contributed by atoms with Gasteiger partial charge in [0.15, 0.2) is 0 Å². The van der Waals surface area contributed by atoms with Crippen LogP contribution in [0.5, 0.6) is 0 Å². The van der Waals surface area contributed by atoms with Crippen molar-refractivity contribution in [2.75, 3.05) is 0 Å². The van der Waals surface area contributed by atoms with Gasteiger partial charge >= 0.3 is 0 Å².